The predicted molar refractivity (Wildman–Crippen MR) is 92.3 cm³/mol. The Morgan fingerprint density at radius 1 is 1.25 bits per heavy atom. The van der Waals surface area contributed by atoms with E-state index in [4.69, 9.17) is 11.6 Å². The summed E-state index contributed by atoms with van der Waals surface area (Å²) in [5.41, 5.74) is 1.32. The van der Waals surface area contributed by atoms with E-state index in [1.807, 2.05) is 0 Å². The molecule has 9 heteroatoms. The maximum absolute atomic E-state index is 11.3. The molecule has 7 nitrogen and oxygen atoms in total. The van der Waals surface area contributed by atoms with E-state index < -0.39 is 4.92 Å². The molecule has 0 amide bonds. The zero-order valence-electron chi connectivity index (χ0n) is 12.1. The number of rotatable bonds is 5. The van der Waals surface area contributed by atoms with Crippen molar-refractivity contribution in [3.8, 4) is 0 Å². The van der Waals surface area contributed by atoms with Gasteiger partial charge in [0.2, 0.25) is 0 Å². The van der Waals surface area contributed by atoms with Crippen LogP contribution in [0.1, 0.15) is 5.56 Å². The van der Waals surface area contributed by atoms with Crippen LogP contribution < -0.4 is 0 Å². The van der Waals surface area contributed by atoms with Gasteiger partial charge in [-0.2, -0.15) is 5.10 Å². The van der Waals surface area contributed by atoms with E-state index in [-0.39, 0.29) is 5.69 Å². The maximum atomic E-state index is 11.3. The quantitative estimate of drug-likeness (QED) is 0.417. The van der Waals surface area contributed by atoms with Gasteiger partial charge in [0.15, 0.2) is 5.16 Å². The molecule has 24 heavy (non-hydrogen) atoms. The molecule has 0 aliphatic carbocycles. The Kier molecular flexibility index (Phi) is 4.88. The van der Waals surface area contributed by atoms with Crippen molar-refractivity contribution in [1.29, 1.82) is 0 Å². The second kappa shape index (κ2) is 7.24. The predicted octanol–water partition coefficient (Wildman–Crippen LogP) is 4.27. The summed E-state index contributed by atoms with van der Waals surface area (Å²) in [5, 5.41) is 18.8. The number of aliphatic imine (C=N–C) groups is 1. The van der Waals surface area contributed by atoms with E-state index in [1.54, 1.807) is 42.6 Å². The Morgan fingerprint density at radius 3 is 2.71 bits per heavy atom. The molecule has 3 rings (SSSR count). The third-order valence-electron chi connectivity index (χ3n) is 2.97. The molecule has 3 aromatic rings. The minimum atomic E-state index is -0.432. The zero-order valence-corrected chi connectivity index (χ0v) is 13.7. The first kappa shape index (κ1) is 16.2. The van der Waals surface area contributed by atoms with Gasteiger partial charge >= 0.3 is 0 Å². The Labute approximate surface area is 146 Å². The van der Waals surface area contributed by atoms with Crippen LogP contribution in [0.25, 0.3) is 0 Å². The van der Waals surface area contributed by atoms with Crippen LogP contribution in [0.2, 0.25) is 5.02 Å². The summed E-state index contributed by atoms with van der Waals surface area (Å²) in [4.78, 5) is 19.6. The second-order valence-electron chi connectivity index (χ2n) is 4.61. The number of nitrogens with one attached hydrogen (secondary N) is 1. The van der Waals surface area contributed by atoms with Gasteiger partial charge < -0.3 is 0 Å². The highest BCUT2D eigenvalue weighted by atomic mass is 35.5. The summed E-state index contributed by atoms with van der Waals surface area (Å²) in [6.07, 6.45) is 2.92. The first-order valence-corrected chi connectivity index (χ1v) is 7.92. The number of benzene rings is 2. The molecule has 0 fully saturated rings. The minimum absolute atomic E-state index is 0.0172. The highest BCUT2D eigenvalue weighted by Crippen LogP contribution is 2.33. The number of nitro groups is 1. The third-order valence-corrected chi connectivity index (χ3v) is 4.18. The number of H-pyrrole nitrogens is 1. The summed E-state index contributed by atoms with van der Waals surface area (Å²) >= 11 is 6.96. The van der Waals surface area contributed by atoms with E-state index in [0.717, 1.165) is 11.8 Å². The molecule has 0 saturated heterocycles. The Bertz CT molecular complexity index is 881. The molecule has 0 atom stereocenters. The number of nitro benzene ring substituents is 1. The summed E-state index contributed by atoms with van der Waals surface area (Å²) in [6.45, 7) is 0. The first-order valence-electron chi connectivity index (χ1n) is 6.73. The van der Waals surface area contributed by atoms with Crippen LogP contribution in [0, 0.1) is 10.1 Å². The van der Waals surface area contributed by atoms with Gasteiger partial charge in [-0.05, 0) is 47.7 Å². The molecule has 2 aromatic carbocycles. The summed E-state index contributed by atoms with van der Waals surface area (Å²) in [7, 11) is 0. The van der Waals surface area contributed by atoms with Crippen molar-refractivity contribution in [2.45, 2.75) is 10.1 Å². The van der Waals surface area contributed by atoms with E-state index in [9.17, 15) is 10.1 Å². The molecule has 0 saturated carbocycles. The van der Waals surface area contributed by atoms with Gasteiger partial charge in [0.05, 0.1) is 15.5 Å². The third kappa shape index (κ3) is 3.98. The molecule has 0 aliphatic heterocycles. The zero-order chi connectivity index (χ0) is 16.9. The lowest BCUT2D eigenvalue weighted by Gasteiger charge is -2.02. The fourth-order valence-electron chi connectivity index (χ4n) is 1.87. The van der Waals surface area contributed by atoms with Crippen LogP contribution in [-0.2, 0) is 0 Å². The van der Waals surface area contributed by atoms with Gasteiger partial charge in [0.1, 0.15) is 6.33 Å². The molecule has 0 spiro atoms. The van der Waals surface area contributed by atoms with Gasteiger partial charge in [-0.15, -0.1) is 0 Å². The van der Waals surface area contributed by atoms with Gasteiger partial charge in [-0.3, -0.25) is 20.2 Å². The number of nitrogens with zero attached hydrogens (tertiary/aromatic N) is 4. The van der Waals surface area contributed by atoms with Crippen LogP contribution in [-0.4, -0.2) is 26.3 Å². The Morgan fingerprint density at radius 2 is 2.04 bits per heavy atom. The molecule has 1 heterocycles. The molecule has 1 aromatic heterocycles. The average molecular weight is 360 g/mol. The van der Waals surface area contributed by atoms with Crippen molar-refractivity contribution in [2.75, 3.05) is 0 Å². The van der Waals surface area contributed by atoms with Crippen molar-refractivity contribution < 1.29 is 4.92 Å². The highest BCUT2D eigenvalue weighted by Gasteiger charge is 2.16. The molecule has 1 N–H and O–H groups in total. The van der Waals surface area contributed by atoms with Crippen LogP contribution >= 0.6 is 23.4 Å². The topological polar surface area (TPSA) is 97.1 Å². The monoisotopic (exact) mass is 359 g/mol. The average Bonchev–Trinajstić information content (AvgIpc) is 3.08. The maximum Gasteiger partial charge on any atom is 0.283 e. The van der Waals surface area contributed by atoms with Crippen molar-refractivity contribution >= 4 is 41.0 Å². The van der Waals surface area contributed by atoms with Gasteiger partial charge in [-0.1, -0.05) is 17.7 Å². The largest absolute Gasteiger partial charge is 0.283 e. The highest BCUT2D eigenvalue weighted by molar-refractivity contribution is 7.99. The van der Waals surface area contributed by atoms with Crippen molar-refractivity contribution in [3.63, 3.8) is 0 Å². The van der Waals surface area contributed by atoms with Gasteiger partial charge in [0.25, 0.3) is 5.69 Å². The lowest BCUT2D eigenvalue weighted by molar-refractivity contribution is -0.387. The first-order chi connectivity index (χ1) is 11.6. The number of aromatic nitrogens is 3. The number of halogens is 1. The van der Waals surface area contributed by atoms with E-state index in [2.05, 4.69) is 20.2 Å². The lowest BCUT2D eigenvalue weighted by atomic mass is 10.2. The molecular formula is C15H10ClN5O2S. The van der Waals surface area contributed by atoms with Crippen LogP contribution in [0.4, 0.5) is 11.4 Å². The normalized spacial score (nSPS) is 11.0. The molecule has 0 aliphatic rings. The van der Waals surface area contributed by atoms with Crippen molar-refractivity contribution in [1.82, 2.24) is 15.2 Å². The van der Waals surface area contributed by atoms with E-state index >= 15 is 0 Å². The summed E-state index contributed by atoms with van der Waals surface area (Å²) in [5.74, 6) is 0. The second-order valence-corrected chi connectivity index (χ2v) is 6.08. The number of hydrogen-bond acceptors (Lipinski definition) is 6. The molecule has 120 valence electrons. The van der Waals surface area contributed by atoms with Crippen LogP contribution in [0.5, 0.6) is 0 Å². The van der Waals surface area contributed by atoms with E-state index in [0.29, 0.717) is 26.3 Å². The van der Waals surface area contributed by atoms with Crippen LogP contribution in [0.15, 0.2) is 63.8 Å². The molecular weight excluding hydrogens is 350 g/mol. The van der Waals surface area contributed by atoms with Gasteiger partial charge in [-0.25, -0.2) is 4.98 Å². The number of aromatic amines is 1. The summed E-state index contributed by atoms with van der Waals surface area (Å²) in [6, 6.07) is 11.9. The van der Waals surface area contributed by atoms with Gasteiger partial charge in [0, 0.05) is 17.3 Å². The Hall–Kier alpha value is -2.71. The smallest absolute Gasteiger partial charge is 0.258 e. The fraction of sp³-hybridized carbons (Fsp3) is 0. The Balaban J connectivity index is 1.85. The van der Waals surface area contributed by atoms with E-state index in [1.165, 1.54) is 12.4 Å². The number of hydrogen-bond donors (Lipinski definition) is 1. The SMILES string of the molecule is O=[N+]([O-])c1cc(C=Nc2ccc(Cl)cc2)ccc1Sc1ncn[nH]1. The molecule has 0 radical (unpaired) electrons. The molecule has 0 bridgehead atoms. The summed E-state index contributed by atoms with van der Waals surface area (Å²) < 4.78 is 0. The van der Waals surface area contributed by atoms with Crippen molar-refractivity contribution in [3.05, 3.63) is 69.5 Å². The standard InChI is InChI=1S/C15H10ClN5O2S/c16-11-2-4-12(5-3-11)17-8-10-1-6-14(13(7-10)21(22)23)24-15-18-9-19-20-15/h1-9H,(H,18,19,20). The fourth-order valence-corrected chi connectivity index (χ4v) is 2.77. The van der Waals surface area contributed by atoms with Crippen LogP contribution in [0.3, 0.4) is 0 Å². The lowest BCUT2D eigenvalue weighted by Crippen LogP contribution is -1.93. The minimum Gasteiger partial charge on any atom is -0.258 e. The molecule has 0 unspecified atom stereocenters. The van der Waals surface area contributed by atoms with Crippen molar-refractivity contribution in [2.24, 2.45) is 4.99 Å².